The average Bonchev–Trinajstić information content (AvgIpc) is 3.18. The van der Waals surface area contributed by atoms with Crippen molar-refractivity contribution in [1.82, 2.24) is 4.98 Å². The van der Waals surface area contributed by atoms with E-state index in [4.69, 9.17) is 32.9 Å². The van der Waals surface area contributed by atoms with Gasteiger partial charge in [-0.3, -0.25) is 9.98 Å². The van der Waals surface area contributed by atoms with E-state index in [1.54, 1.807) is 19.5 Å². The van der Waals surface area contributed by atoms with Crippen molar-refractivity contribution in [3.05, 3.63) is 56.8 Å². The molecule has 0 amide bonds. The minimum atomic E-state index is 0.594. The molecule has 0 N–H and O–H groups in total. The Morgan fingerprint density at radius 3 is 2.52 bits per heavy atom. The second-order valence-corrected chi connectivity index (χ2v) is 8.28. The Hall–Kier alpha value is -1.58. The second-order valence-electron chi connectivity index (χ2n) is 7.46. The van der Waals surface area contributed by atoms with Crippen LogP contribution >= 0.6 is 23.2 Å². The standard InChI is InChI=1S/C22H24Cl2N2O/c1-27-22-7-6-16-15(17(22)10-14-4-2-3-5-14)8-9-26-21(16)11-18-19(23)12-25-13-20(18)24/h6-7,12-14H,2-5,8-11H2,1H3. The third kappa shape index (κ3) is 3.86. The molecule has 0 radical (unpaired) electrons. The third-order valence-electron chi connectivity index (χ3n) is 5.85. The minimum absolute atomic E-state index is 0.594. The minimum Gasteiger partial charge on any atom is -0.496 e. The van der Waals surface area contributed by atoms with E-state index in [9.17, 15) is 0 Å². The van der Waals surface area contributed by atoms with Gasteiger partial charge < -0.3 is 4.74 Å². The van der Waals surface area contributed by atoms with Gasteiger partial charge in [0.15, 0.2) is 0 Å². The molecule has 27 heavy (non-hydrogen) atoms. The Morgan fingerprint density at radius 2 is 1.81 bits per heavy atom. The summed E-state index contributed by atoms with van der Waals surface area (Å²) in [5.41, 5.74) is 5.95. The molecule has 0 unspecified atom stereocenters. The number of rotatable bonds is 5. The van der Waals surface area contributed by atoms with Crippen LogP contribution in [-0.4, -0.2) is 24.4 Å². The lowest BCUT2D eigenvalue weighted by atomic mass is 9.86. The van der Waals surface area contributed by atoms with Crippen LogP contribution in [-0.2, 0) is 19.3 Å². The Bertz CT molecular complexity index is 853. The number of methoxy groups -OCH3 is 1. The molecule has 1 aromatic heterocycles. The van der Waals surface area contributed by atoms with Gasteiger partial charge in [0.25, 0.3) is 0 Å². The van der Waals surface area contributed by atoms with Gasteiger partial charge in [-0.15, -0.1) is 0 Å². The van der Waals surface area contributed by atoms with E-state index in [1.165, 1.54) is 42.4 Å². The predicted molar refractivity (Wildman–Crippen MR) is 112 cm³/mol. The fourth-order valence-electron chi connectivity index (χ4n) is 4.46. The number of benzene rings is 1. The highest BCUT2D eigenvalue weighted by Crippen LogP contribution is 2.36. The first-order valence-electron chi connectivity index (χ1n) is 9.67. The smallest absolute Gasteiger partial charge is 0.122 e. The number of halogens is 2. The van der Waals surface area contributed by atoms with Gasteiger partial charge in [-0.05, 0) is 53.1 Å². The second kappa shape index (κ2) is 8.20. The summed E-state index contributed by atoms with van der Waals surface area (Å²) < 4.78 is 5.72. The molecule has 2 aliphatic rings. The SMILES string of the molecule is COc1ccc2c(c1CC1CCCC1)CCN=C2Cc1c(Cl)cncc1Cl. The normalized spacial score (nSPS) is 16.9. The van der Waals surface area contributed by atoms with E-state index in [0.717, 1.165) is 42.3 Å². The number of aliphatic imine (C=N–C) groups is 1. The Balaban J connectivity index is 1.70. The van der Waals surface area contributed by atoms with Gasteiger partial charge in [0.05, 0.1) is 17.2 Å². The summed E-state index contributed by atoms with van der Waals surface area (Å²) in [7, 11) is 1.77. The topological polar surface area (TPSA) is 34.5 Å². The average molecular weight is 403 g/mol. The molecule has 0 spiro atoms. The highest BCUT2D eigenvalue weighted by molar-refractivity contribution is 6.36. The first kappa shape index (κ1) is 18.8. The molecule has 1 aromatic carbocycles. The summed E-state index contributed by atoms with van der Waals surface area (Å²) in [6.45, 7) is 0.799. The number of pyridine rings is 1. The first-order valence-corrected chi connectivity index (χ1v) is 10.4. The summed E-state index contributed by atoms with van der Waals surface area (Å²) in [5.74, 6) is 1.79. The zero-order valence-corrected chi connectivity index (χ0v) is 17.1. The molecule has 5 heteroatoms. The van der Waals surface area contributed by atoms with Crippen molar-refractivity contribution in [2.24, 2.45) is 10.9 Å². The fourth-order valence-corrected chi connectivity index (χ4v) is 4.96. The number of fused-ring (bicyclic) bond motifs is 1. The lowest BCUT2D eigenvalue weighted by Gasteiger charge is -2.24. The number of ether oxygens (including phenoxy) is 1. The van der Waals surface area contributed by atoms with Crippen LogP contribution in [0, 0.1) is 5.92 Å². The Morgan fingerprint density at radius 1 is 1.07 bits per heavy atom. The molecule has 0 atom stereocenters. The number of hydrogen-bond donors (Lipinski definition) is 0. The molecule has 1 aliphatic heterocycles. The van der Waals surface area contributed by atoms with Crippen molar-refractivity contribution >= 4 is 28.9 Å². The van der Waals surface area contributed by atoms with Gasteiger partial charge in [0, 0.05) is 31.1 Å². The third-order valence-corrected chi connectivity index (χ3v) is 6.50. The van der Waals surface area contributed by atoms with E-state index in [0.29, 0.717) is 16.5 Å². The van der Waals surface area contributed by atoms with Crippen molar-refractivity contribution in [3.63, 3.8) is 0 Å². The summed E-state index contributed by atoms with van der Waals surface area (Å²) in [6.07, 6.45) is 11.4. The van der Waals surface area contributed by atoms with Crippen molar-refractivity contribution in [2.75, 3.05) is 13.7 Å². The van der Waals surface area contributed by atoms with E-state index < -0.39 is 0 Å². The molecule has 1 aliphatic carbocycles. The van der Waals surface area contributed by atoms with Crippen LogP contribution in [0.15, 0.2) is 29.5 Å². The number of aromatic nitrogens is 1. The van der Waals surface area contributed by atoms with Gasteiger partial charge >= 0.3 is 0 Å². The van der Waals surface area contributed by atoms with Gasteiger partial charge in [-0.25, -0.2) is 0 Å². The molecule has 4 rings (SSSR count). The maximum absolute atomic E-state index is 6.35. The zero-order valence-electron chi connectivity index (χ0n) is 15.6. The van der Waals surface area contributed by atoms with Gasteiger partial charge in [-0.1, -0.05) is 48.9 Å². The van der Waals surface area contributed by atoms with Gasteiger partial charge in [-0.2, -0.15) is 0 Å². The molecular formula is C22H24Cl2N2O. The van der Waals surface area contributed by atoms with E-state index in [2.05, 4.69) is 17.1 Å². The molecule has 2 heterocycles. The fraction of sp³-hybridized carbons (Fsp3) is 0.455. The van der Waals surface area contributed by atoms with Crippen molar-refractivity contribution in [2.45, 2.75) is 44.9 Å². The highest BCUT2D eigenvalue weighted by Gasteiger charge is 2.25. The van der Waals surface area contributed by atoms with Crippen LogP contribution in [0.25, 0.3) is 0 Å². The summed E-state index contributed by atoms with van der Waals surface area (Å²) in [6, 6.07) is 4.24. The first-order chi connectivity index (χ1) is 13.2. The Labute approximate surface area is 170 Å². The van der Waals surface area contributed by atoms with Crippen LogP contribution < -0.4 is 4.74 Å². The highest BCUT2D eigenvalue weighted by atomic mass is 35.5. The largest absolute Gasteiger partial charge is 0.496 e. The van der Waals surface area contributed by atoms with Crippen LogP contribution in [0.2, 0.25) is 10.0 Å². The molecule has 0 bridgehead atoms. The Kier molecular flexibility index (Phi) is 5.70. The summed E-state index contributed by atoms with van der Waals surface area (Å²) in [4.78, 5) is 8.87. The molecular weight excluding hydrogens is 379 g/mol. The summed E-state index contributed by atoms with van der Waals surface area (Å²) >= 11 is 12.7. The van der Waals surface area contributed by atoms with E-state index in [-0.39, 0.29) is 0 Å². The van der Waals surface area contributed by atoms with E-state index in [1.807, 2.05) is 0 Å². The zero-order chi connectivity index (χ0) is 18.8. The maximum Gasteiger partial charge on any atom is 0.122 e. The molecule has 1 fully saturated rings. The lowest BCUT2D eigenvalue weighted by Crippen LogP contribution is -2.19. The maximum atomic E-state index is 6.35. The number of hydrogen-bond acceptors (Lipinski definition) is 3. The molecule has 142 valence electrons. The molecule has 3 nitrogen and oxygen atoms in total. The predicted octanol–water partition coefficient (Wildman–Crippen LogP) is 5.72. The molecule has 2 aromatic rings. The molecule has 0 saturated heterocycles. The monoisotopic (exact) mass is 402 g/mol. The van der Waals surface area contributed by atoms with Crippen molar-refractivity contribution in [3.8, 4) is 5.75 Å². The number of nitrogens with zero attached hydrogens (tertiary/aromatic N) is 2. The van der Waals surface area contributed by atoms with Crippen LogP contribution in [0.3, 0.4) is 0 Å². The lowest BCUT2D eigenvalue weighted by molar-refractivity contribution is 0.403. The van der Waals surface area contributed by atoms with Crippen LogP contribution in [0.4, 0.5) is 0 Å². The quantitative estimate of drug-likeness (QED) is 0.640. The van der Waals surface area contributed by atoms with Gasteiger partial charge in [0.2, 0.25) is 0 Å². The van der Waals surface area contributed by atoms with Crippen molar-refractivity contribution in [1.29, 1.82) is 0 Å². The summed E-state index contributed by atoms with van der Waals surface area (Å²) in [5, 5.41) is 1.19. The van der Waals surface area contributed by atoms with Crippen LogP contribution in [0.5, 0.6) is 5.75 Å². The van der Waals surface area contributed by atoms with Gasteiger partial charge in [0.1, 0.15) is 5.75 Å². The van der Waals surface area contributed by atoms with Crippen LogP contribution in [0.1, 0.15) is 47.9 Å². The van der Waals surface area contributed by atoms with Crippen molar-refractivity contribution < 1.29 is 4.74 Å². The van der Waals surface area contributed by atoms with E-state index >= 15 is 0 Å². The molecule has 1 saturated carbocycles.